The number of anilines is 1. The monoisotopic (exact) mass is 254 g/mol. The third-order valence-electron chi connectivity index (χ3n) is 2.61. The Kier molecular flexibility index (Phi) is 3.80. The lowest BCUT2D eigenvalue weighted by Crippen LogP contribution is -2.44. The van der Waals surface area contributed by atoms with Gasteiger partial charge in [0.1, 0.15) is 5.03 Å². The first kappa shape index (κ1) is 12.1. The van der Waals surface area contributed by atoms with Crippen molar-refractivity contribution < 1.29 is 9.90 Å². The maximum Gasteiger partial charge on any atom is 0.338 e. The van der Waals surface area contributed by atoms with Crippen LogP contribution in [-0.2, 0) is 0 Å². The lowest BCUT2D eigenvalue weighted by atomic mass is 10.3. The van der Waals surface area contributed by atoms with Gasteiger partial charge in [0.05, 0.1) is 5.56 Å². The third-order valence-corrected chi connectivity index (χ3v) is 3.30. The van der Waals surface area contributed by atoms with Crippen LogP contribution in [0.25, 0.3) is 0 Å². The van der Waals surface area contributed by atoms with Gasteiger partial charge in [-0.1, -0.05) is 0 Å². The van der Waals surface area contributed by atoms with E-state index in [1.807, 2.05) is 4.90 Å². The minimum Gasteiger partial charge on any atom is -0.478 e. The van der Waals surface area contributed by atoms with Crippen molar-refractivity contribution in [3.8, 4) is 0 Å². The molecule has 92 valence electrons. The van der Waals surface area contributed by atoms with Crippen LogP contribution in [0, 0.1) is 0 Å². The van der Waals surface area contributed by atoms with Crippen LogP contribution in [0.5, 0.6) is 0 Å². The molecule has 1 aromatic heterocycles. The Balaban J connectivity index is 2.29. The van der Waals surface area contributed by atoms with Gasteiger partial charge in [-0.05, 0) is 12.3 Å². The quantitative estimate of drug-likeness (QED) is 0.751. The predicted molar refractivity (Wildman–Crippen MR) is 65.9 cm³/mol. The zero-order chi connectivity index (χ0) is 12.3. The molecule has 0 radical (unpaired) electrons. The fourth-order valence-electron chi connectivity index (χ4n) is 1.72. The number of nitrogens with one attached hydrogen (secondary N) is 1. The molecule has 2 N–H and O–H groups in total. The standard InChI is InChI=1S/C10H14N4O2S/c1-17-9-7(10(15)16)6-8(12-13-9)14-4-2-11-3-5-14/h6,11H,2-5H2,1H3,(H,15,16). The molecule has 7 heteroatoms. The number of aromatic carboxylic acids is 1. The van der Waals surface area contributed by atoms with Crippen LogP contribution in [-0.4, -0.2) is 53.7 Å². The molecule has 2 heterocycles. The molecule has 2 rings (SSSR count). The number of hydrogen-bond donors (Lipinski definition) is 2. The second kappa shape index (κ2) is 5.33. The van der Waals surface area contributed by atoms with E-state index >= 15 is 0 Å². The topological polar surface area (TPSA) is 78.4 Å². The molecule has 6 nitrogen and oxygen atoms in total. The van der Waals surface area contributed by atoms with E-state index in [1.54, 1.807) is 12.3 Å². The lowest BCUT2D eigenvalue weighted by molar-refractivity contribution is 0.0692. The van der Waals surface area contributed by atoms with Crippen LogP contribution in [0.15, 0.2) is 11.1 Å². The van der Waals surface area contributed by atoms with E-state index in [9.17, 15) is 4.79 Å². The summed E-state index contributed by atoms with van der Waals surface area (Å²) in [7, 11) is 0. The Hall–Kier alpha value is -1.34. The number of nitrogens with zero attached hydrogens (tertiary/aromatic N) is 3. The number of carbonyl (C=O) groups is 1. The molecule has 0 unspecified atom stereocenters. The zero-order valence-corrected chi connectivity index (χ0v) is 10.3. The number of hydrogen-bond acceptors (Lipinski definition) is 6. The van der Waals surface area contributed by atoms with Crippen molar-refractivity contribution >= 4 is 23.5 Å². The maximum absolute atomic E-state index is 11.1. The number of piperazine rings is 1. The fourth-order valence-corrected chi connectivity index (χ4v) is 2.21. The van der Waals surface area contributed by atoms with Crippen molar-refractivity contribution in [2.24, 2.45) is 0 Å². The molecule has 1 fully saturated rings. The lowest BCUT2D eigenvalue weighted by Gasteiger charge is -2.28. The fraction of sp³-hybridized carbons (Fsp3) is 0.500. The van der Waals surface area contributed by atoms with Crippen LogP contribution in [0.4, 0.5) is 5.82 Å². The minimum atomic E-state index is -0.958. The maximum atomic E-state index is 11.1. The highest BCUT2D eigenvalue weighted by atomic mass is 32.2. The Morgan fingerprint density at radius 1 is 1.47 bits per heavy atom. The van der Waals surface area contributed by atoms with Crippen molar-refractivity contribution in [1.82, 2.24) is 15.5 Å². The van der Waals surface area contributed by atoms with Gasteiger partial charge in [-0.3, -0.25) is 0 Å². The number of aromatic nitrogens is 2. The first-order valence-electron chi connectivity index (χ1n) is 5.33. The summed E-state index contributed by atoms with van der Waals surface area (Å²) in [5.74, 6) is -0.317. The third kappa shape index (κ3) is 2.67. The van der Waals surface area contributed by atoms with Crippen molar-refractivity contribution in [2.45, 2.75) is 5.03 Å². The van der Waals surface area contributed by atoms with Crippen LogP contribution in [0.2, 0.25) is 0 Å². The molecule has 0 aromatic carbocycles. The van der Waals surface area contributed by atoms with Crippen molar-refractivity contribution in [3.05, 3.63) is 11.6 Å². The van der Waals surface area contributed by atoms with E-state index in [2.05, 4.69) is 15.5 Å². The molecular formula is C10H14N4O2S. The molecule has 0 aliphatic carbocycles. The first-order valence-corrected chi connectivity index (χ1v) is 6.55. The molecule has 17 heavy (non-hydrogen) atoms. The van der Waals surface area contributed by atoms with Gasteiger partial charge in [-0.2, -0.15) is 0 Å². The van der Waals surface area contributed by atoms with Gasteiger partial charge in [-0.15, -0.1) is 22.0 Å². The Morgan fingerprint density at radius 3 is 2.76 bits per heavy atom. The number of carboxylic acid groups (broad SMARTS) is 1. The Labute approximate surface area is 103 Å². The number of rotatable bonds is 3. The van der Waals surface area contributed by atoms with E-state index in [1.165, 1.54) is 11.8 Å². The molecule has 1 saturated heterocycles. The van der Waals surface area contributed by atoms with Crippen molar-refractivity contribution in [3.63, 3.8) is 0 Å². The molecule has 0 spiro atoms. The summed E-state index contributed by atoms with van der Waals surface area (Å²) in [5, 5.41) is 20.8. The van der Waals surface area contributed by atoms with Gasteiger partial charge in [0, 0.05) is 26.2 Å². The smallest absolute Gasteiger partial charge is 0.338 e. The van der Waals surface area contributed by atoms with Gasteiger partial charge in [-0.25, -0.2) is 4.79 Å². The van der Waals surface area contributed by atoms with Crippen LogP contribution < -0.4 is 10.2 Å². The Morgan fingerprint density at radius 2 is 2.18 bits per heavy atom. The molecule has 0 saturated carbocycles. The molecule has 0 bridgehead atoms. The minimum absolute atomic E-state index is 0.223. The van der Waals surface area contributed by atoms with Gasteiger partial charge >= 0.3 is 5.97 Å². The first-order chi connectivity index (χ1) is 8.22. The van der Waals surface area contributed by atoms with Crippen LogP contribution in [0.3, 0.4) is 0 Å². The highest BCUT2D eigenvalue weighted by Gasteiger charge is 2.17. The van der Waals surface area contributed by atoms with E-state index in [4.69, 9.17) is 5.11 Å². The van der Waals surface area contributed by atoms with Crippen molar-refractivity contribution in [2.75, 3.05) is 37.3 Å². The van der Waals surface area contributed by atoms with E-state index in [0.717, 1.165) is 26.2 Å². The highest BCUT2D eigenvalue weighted by Crippen LogP contribution is 2.21. The summed E-state index contributed by atoms with van der Waals surface area (Å²) in [6, 6.07) is 1.60. The molecule has 0 amide bonds. The van der Waals surface area contributed by atoms with Gasteiger partial charge in [0.2, 0.25) is 0 Å². The van der Waals surface area contributed by atoms with E-state index in [0.29, 0.717) is 10.8 Å². The number of thioether (sulfide) groups is 1. The molecule has 1 aromatic rings. The molecular weight excluding hydrogens is 240 g/mol. The summed E-state index contributed by atoms with van der Waals surface area (Å²) in [4.78, 5) is 13.1. The Bertz CT molecular complexity index is 421. The highest BCUT2D eigenvalue weighted by molar-refractivity contribution is 7.98. The molecule has 1 aliphatic heterocycles. The van der Waals surface area contributed by atoms with E-state index < -0.39 is 5.97 Å². The molecule has 0 atom stereocenters. The second-order valence-corrected chi connectivity index (χ2v) is 4.46. The summed E-state index contributed by atoms with van der Waals surface area (Å²) in [6.45, 7) is 3.42. The summed E-state index contributed by atoms with van der Waals surface area (Å²) >= 11 is 1.29. The average Bonchev–Trinajstić information content (AvgIpc) is 2.39. The normalized spacial score (nSPS) is 15.9. The van der Waals surface area contributed by atoms with Crippen LogP contribution >= 0.6 is 11.8 Å². The average molecular weight is 254 g/mol. The van der Waals surface area contributed by atoms with Gasteiger partial charge in [0.25, 0.3) is 0 Å². The summed E-state index contributed by atoms with van der Waals surface area (Å²) < 4.78 is 0. The second-order valence-electron chi connectivity index (χ2n) is 3.67. The predicted octanol–water partition coefficient (Wildman–Crippen LogP) is 0.306. The number of carboxylic acids is 1. The zero-order valence-electron chi connectivity index (χ0n) is 9.51. The van der Waals surface area contributed by atoms with E-state index in [-0.39, 0.29) is 5.56 Å². The van der Waals surface area contributed by atoms with Gasteiger partial charge in [0.15, 0.2) is 5.82 Å². The van der Waals surface area contributed by atoms with Crippen LogP contribution in [0.1, 0.15) is 10.4 Å². The van der Waals surface area contributed by atoms with Crippen molar-refractivity contribution in [1.29, 1.82) is 0 Å². The van der Waals surface area contributed by atoms with Gasteiger partial charge < -0.3 is 15.3 Å². The largest absolute Gasteiger partial charge is 0.478 e. The summed E-state index contributed by atoms with van der Waals surface area (Å²) in [5.41, 5.74) is 0.223. The summed E-state index contributed by atoms with van der Waals surface area (Å²) in [6.07, 6.45) is 1.79. The SMILES string of the molecule is CSc1nnc(N2CCNCC2)cc1C(=O)O. The molecule has 1 aliphatic rings.